The first-order chi connectivity index (χ1) is 8.47. The largest absolute Gasteiger partial charge is 0.347 e. The van der Waals surface area contributed by atoms with Gasteiger partial charge in [-0.05, 0) is 25.5 Å². The second-order valence-electron chi connectivity index (χ2n) is 5.93. The van der Waals surface area contributed by atoms with Crippen molar-refractivity contribution in [2.24, 2.45) is 0 Å². The zero-order valence-electron chi connectivity index (χ0n) is 11.3. The molecule has 1 aliphatic heterocycles. The van der Waals surface area contributed by atoms with Crippen LogP contribution in [0.2, 0.25) is 0 Å². The second-order valence-corrected chi connectivity index (χ2v) is 5.93. The van der Waals surface area contributed by atoms with E-state index in [1.54, 1.807) is 0 Å². The van der Waals surface area contributed by atoms with Crippen molar-refractivity contribution in [3.8, 4) is 0 Å². The van der Waals surface area contributed by atoms with E-state index < -0.39 is 0 Å². The van der Waals surface area contributed by atoms with Gasteiger partial charge >= 0.3 is 0 Å². The van der Waals surface area contributed by atoms with Gasteiger partial charge in [0.2, 0.25) is 0 Å². The Morgan fingerprint density at radius 3 is 2.83 bits per heavy atom. The molecule has 1 unspecified atom stereocenters. The molecule has 5 heteroatoms. The van der Waals surface area contributed by atoms with Crippen molar-refractivity contribution in [3.05, 3.63) is 17.5 Å². The molecular weight excluding hydrogens is 228 g/mol. The van der Waals surface area contributed by atoms with Crippen molar-refractivity contribution in [1.82, 2.24) is 20.8 Å². The molecule has 0 saturated carbocycles. The highest BCUT2D eigenvalue weighted by Gasteiger charge is 2.21. The highest BCUT2D eigenvalue weighted by molar-refractivity contribution is 5.92. The minimum atomic E-state index is -0.0875. The molecule has 1 aromatic rings. The fourth-order valence-corrected chi connectivity index (χ4v) is 2.06. The summed E-state index contributed by atoms with van der Waals surface area (Å²) in [7, 11) is 0. The summed E-state index contributed by atoms with van der Waals surface area (Å²) in [6, 6.07) is 2.06. The van der Waals surface area contributed by atoms with Crippen LogP contribution in [-0.2, 0) is 5.41 Å². The Morgan fingerprint density at radius 2 is 2.28 bits per heavy atom. The van der Waals surface area contributed by atoms with Crippen LogP contribution in [0.15, 0.2) is 6.07 Å². The molecule has 1 aromatic heterocycles. The van der Waals surface area contributed by atoms with E-state index in [1.807, 2.05) is 6.07 Å². The first-order valence-corrected chi connectivity index (χ1v) is 6.54. The molecule has 100 valence electrons. The highest BCUT2D eigenvalue weighted by atomic mass is 16.2. The lowest BCUT2D eigenvalue weighted by atomic mass is 9.92. The van der Waals surface area contributed by atoms with Crippen molar-refractivity contribution in [1.29, 1.82) is 0 Å². The fraction of sp³-hybridized carbons (Fsp3) is 0.692. The minimum absolute atomic E-state index is 0.0159. The van der Waals surface area contributed by atoms with Crippen molar-refractivity contribution >= 4 is 5.91 Å². The van der Waals surface area contributed by atoms with Gasteiger partial charge in [-0.15, -0.1) is 0 Å². The number of aromatic amines is 1. The van der Waals surface area contributed by atoms with E-state index in [0.29, 0.717) is 5.69 Å². The van der Waals surface area contributed by atoms with Crippen LogP contribution in [0.25, 0.3) is 0 Å². The minimum Gasteiger partial charge on any atom is -0.347 e. The maximum atomic E-state index is 12.0. The number of nitrogens with one attached hydrogen (secondary N) is 3. The van der Waals surface area contributed by atoms with Crippen LogP contribution in [0, 0.1) is 0 Å². The number of amides is 1. The maximum absolute atomic E-state index is 12.0. The first-order valence-electron chi connectivity index (χ1n) is 6.54. The van der Waals surface area contributed by atoms with Crippen LogP contribution >= 0.6 is 0 Å². The van der Waals surface area contributed by atoms with Gasteiger partial charge in [0, 0.05) is 23.7 Å². The van der Waals surface area contributed by atoms with Crippen LogP contribution in [0.4, 0.5) is 0 Å². The zero-order chi connectivity index (χ0) is 13.2. The molecule has 0 aromatic carbocycles. The number of H-pyrrole nitrogens is 1. The van der Waals surface area contributed by atoms with Gasteiger partial charge in [-0.1, -0.05) is 20.8 Å². The SMILES string of the molecule is CC(C)(C)c1cc(C(=O)NC2CCCNC2)n[nH]1. The zero-order valence-corrected chi connectivity index (χ0v) is 11.3. The van der Waals surface area contributed by atoms with E-state index in [9.17, 15) is 4.79 Å². The number of hydrogen-bond acceptors (Lipinski definition) is 3. The summed E-state index contributed by atoms with van der Waals surface area (Å²) in [5.41, 5.74) is 1.44. The first kappa shape index (κ1) is 13.1. The van der Waals surface area contributed by atoms with Crippen LogP contribution in [0.1, 0.15) is 49.8 Å². The van der Waals surface area contributed by atoms with Gasteiger partial charge in [0.15, 0.2) is 0 Å². The van der Waals surface area contributed by atoms with Gasteiger partial charge in [0.05, 0.1) is 0 Å². The summed E-state index contributed by atoms with van der Waals surface area (Å²) in [6.07, 6.45) is 2.15. The summed E-state index contributed by atoms with van der Waals surface area (Å²) < 4.78 is 0. The molecule has 3 N–H and O–H groups in total. The van der Waals surface area contributed by atoms with Crippen LogP contribution in [-0.4, -0.2) is 35.2 Å². The molecule has 1 fully saturated rings. The van der Waals surface area contributed by atoms with E-state index in [2.05, 4.69) is 41.6 Å². The van der Waals surface area contributed by atoms with Gasteiger partial charge in [0.25, 0.3) is 5.91 Å². The van der Waals surface area contributed by atoms with Crippen molar-refractivity contribution in [2.75, 3.05) is 13.1 Å². The predicted molar refractivity (Wildman–Crippen MR) is 70.6 cm³/mol. The lowest BCUT2D eigenvalue weighted by Gasteiger charge is -2.23. The number of carbonyl (C=O) groups excluding carboxylic acids is 1. The van der Waals surface area contributed by atoms with Crippen LogP contribution < -0.4 is 10.6 Å². The third-order valence-corrected chi connectivity index (χ3v) is 3.25. The van der Waals surface area contributed by atoms with E-state index in [-0.39, 0.29) is 17.4 Å². The Morgan fingerprint density at radius 1 is 1.50 bits per heavy atom. The third kappa shape index (κ3) is 3.10. The van der Waals surface area contributed by atoms with E-state index in [0.717, 1.165) is 31.6 Å². The van der Waals surface area contributed by atoms with Crippen molar-refractivity contribution < 1.29 is 4.79 Å². The second kappa shape index (κ2) is 5.10. The van der Waals surface area contributed by atoms with Crippen molar-refractivity contribution in [2.45, 2.75) is 45.1 Å². The number of piperidine rings is 1. The van der Waals surface area contributed by atoms with E-state index in [1.165, 1.54) is 0 Å². The van der Waals surface area contributed by atoms with Crippen LogP contribution in [0.3, 0.4) is 0 Å². The standard InChI is InChI=1S/C13H22N4O/c1-13(2,3)11-7-10(16-17-11)12(18)15-9-5-4-6-14-8-9/h7,9,14H,4-6,8H2,1-3H3,(H,15,18)(H,16,17). The Labute approximate surface area is 108 Å². The Kier molecular flexibility index (Phi) is 3.71. The summed E-state index contributed by atoms with van der Waals surface area (Å²) in [5.74, 6) is -0.0875. The molecule has 18 heavy (non-hydrogen) atoms. The van der Waals surface area contributed by atoms with E-state index >= 15 is 0 Å². The molecule has 1 aliphatic rings. The van der Waals surface area contributed by atoms with Crippen molar-refractivity contribution in [3.63, 3.8) is 0 Å². The lowest BCUT2D eigenvalue weighted by Crippen LogP contribution is -2.45. The summed E-state index contributed by atoms with van der Waals surface area (Å²) in [5, 5.41) is 13.3. The molecule has 5 nitrogen and oxygen atoms in total. The Balaban J connectivity index is 1.98. The molecule has 0 radical (unpaired) electrons. The number of nitrogens with zero attached hydrogens (tertiary/aromatic N) is 1. The topological polar surface area (TPSA) is 69.8 Å². The monoisotopic (exact) mass is 250 g/mol. The fourth-order valence-electron chi connectivity index (χ4n) is 2.06. The lowest BCUT2D eigenvalue weighted by molar-refractivity contribution is 0.0925. The van der Waals surface area contributed by atoms with Gasteiger partial charge in [0.1, 0.15) is 5.69 Å². The molecule has 0 spiro atoms. The van der Waals surface area contributed by atoms with Gasteiger partial charge < -0.3 is 10.6 Å². The Hall–Kier alpha value is -1.36. The van der Waals surface area contributed by atoms with Gasteiger partial charge in [-0.3, -0.25) is 9.89 Å². The predicted octanol–water partition coefficient (Wildman–Crippen LogP) is 1.19. The molecule has 1 saturated heterocycles. The molecular formula is C13H22N4O. The molecule has 2 heterocycles. The van der Waals surface area contributed by atoms with Gasteiger partial charge in [-0.2, -0.15) is 5.10 Å². The number of carbonyl (C=O) groups is 1. The molecule has 2 rings (SSSR count). The van der Waals surface area contributed by atoms with Crippen LogP contribution in [0.5, 0.6) is 0 Å². The summed E-state index contributed by atoms with van der Waals surface area (Å²) >= 11 is 0. The molecule has 1 atom stereocenters. The highest BCUT2D eigenvalue weighted by Crippen LogP contribution is 2.20. The average molecular weight is 250 g/mol. The smallest absolute Gasteiger partial charge is 0.272 e. The molecule has 0 aliphatic carbocycles. The van der Waals surface area contributed by atoms with E-state index in [4.69, 9.17) is 0 Å². The number of hydrogen-bond donors (Lipinski definition) is 3. The quantitative estimate of drug-likeness (QED) is 0.738. The maximum Gasteiger partial charge on any atom is 0.272 e. The third-order valence-electron chi connectivity index (χ3n) is 3.25. The molecule has 1 amide bonds. The number of rotatable bonds is 2. The number of aromatic nitrogens is 2. The normalized spacial score (nSPS) is 20.7. The summed E-state index contributed by atoms with van der Waals surface area (Å²) in [4.78, 5) is 12.0. The Bertz CT molecular complexity index is 413. The average Bonchev–Trinajstić information content (AvgIpc) is 2.79. The molecule has 0 bridgehead atoms. The summed E-state index contributed by atoms with van der Waals surface area (Å²) in [6.45, 7) is 8.17. The van der Waals surface area contributed by atoms with Gasteiger partial charge in [-0.25, -0.2) is 0 Å².